The highest BCUT2D eigenvalue weighted by atomic mass is 16.5. The number of imidazole rings is 1. The number of aromatic amines is 1. The molecule has 2 aromatic heterocycles. The van der Waals surface area contributed by atoms with Gasteiger partial charge in [0.1, 0.15) is 0 Å². The number of rotatable bonds is 2. The quantitative estimate of drug-likeness (QED) is 0.692. The first-order valence-corrected chi connectivity index (χ1v) is 5.36. The molecule has 0 aliphatic rings. The molecule has 0 spiro atoms. The summed E-state index contributed by atoms with van der Waals surface area (Å²) in [6.07, 6.45) is 3.46. The van der Waals surface area contributed by atoms with Crippen LogP contribution in [0.2, 0.25) is 0 Å². The summed E-state index contributed by atoms with van der Waals surface area (Å²) in [6.45, 7) is 0. The number of ether oxygens (including phenoxy) is 1. The van der Waals surface area contributed by atoms with Crippen LogP contribution in [-0.2, 0) is 4.74 Å². The molecule has 6 nitrogen and oxygen atoms in total. The topological polar surface area (TPSA) is 72.8 Å². The number of benzene rings is 1. The summed E-state index contributed by atoms with van der Waals surface area (Å²) < 4.78 is 6.30. The Kier molecular flexibility index (Phi) is 2.33. The first-order valence-electron chi connectivity index (χ1n) is 5.36. The lowest BCUT2D eigenvalue weighted by atomic mass is 10.2. The van der Waals surface area contributed by atoms with E-state index >= 15 is 0 Å². The molecule has 3 aromatic rings. The van der Waals surface area contributed by atoms with Crippen LogP contribution in [0.4, 0.5) is 0 Å². The fourth-order valence-electron chi connectivity index (χ4n) is 1.74. The molecule has 0 saturated carbocycles. The predicted octanol–water partition coefficient (Wildman–Crippen LogP) is 1.54. The number of hydrogen-bond donors (Lipinski definition) is 1. The normalized spacial score (nSPS) is 10.7. The lowest BCUT2D eigenvalue weighted by Gasteiger charge is -1.97. The minimum atomic E-state index is -0.368. The van der Waals surface area contributed by atoms with Gasteiger partial charge in [0.05, 0.1) is 23.7 Å². The highest BCUT2D eigenvalue weighted by Crippen LogP contribution is 2.16. The van der Waals surface area contributed by atoms with Crippen molar-refractivity contribution in [1.29, 1.82) is 0 Å². The molecular weight excluding hydrogens is 232 g/mol. The first-order chi connectivity index (χ1) is 8.78. The van der Waals surface area contributed by atoms with Crippen LogP contribution in [0, 0.1) is 0 Å². The maximum Gasteiger partial charge on any atom is 0.337 e. The second-order valence-electron chi connectivity index (χ2n) is 3.73. The Labute approximate surface area is 102 Å². The van der Waals surface area contributed by atoms with Gasteiger partial charge in [-0.15, -0.1) is 0 Å². The fourth-order valence-corrected chi connectivity index (χ4v) is 1.74. The van der Waals surface area contributed by atoms with Gasteiger partial charge in [-0.3, -0.25) is 0 Å². The van der Waals surface area contributed by atoms with Crippen LogP contribution in [0.3, 0.4) is 0 Å². The van der Waals surface area contributed by atoms with Crippen LogP contribution >= 0.6 is 0 Å². The third-order valence-electron chi connectivity index (χ3n) is 2.61. The molecule has 18 heavy (non-hydrogen) atoms. The molecular formula is C12H10N4O2. The molecule has 0 unspecified atom stereocenters. The van der Waals surface area contributed by atoms with Crippen molar-refractivity contribution in [2.24, 2.45) is 0 Å². The van der Waals surface area contributed by atoms with Crippen molar-refractivity contribution in [3.63, 3.8) is 0 Å². The predicted molar refractivity (Wildman–Crippen MR) is 64.6 cm³/mol. The summed E-state index contributed by atoms with van der Waals surface area (Å²) in [6, 6.07) is 6.97. The lowest BCUT2D eigenvalue weighted by Crippen LogP contribution is -2.00. The Hall–Kier alpha value is -2.63. The van der Waals surface area contributed by atoms with Crippen molar-refractivity contribution < 1.29 is 9.53 Å². The highest BCUT2D eigenvalue weighted by Gasteiger charge is 2.09. The van der Waals surface area contributed by atoms with Gasteiger partial charge in [-0.1, -0.05) is 0 Å². The van der Waals surface area contributed by atoms with Crippen molar-refractivity contribution in [2.75, 3.05) is 7.11 Å². The zero-order chi connectivity index (χ0) is 12.5. The van der Waals surface area contributed by atoms with Crippen molar-refractivity contribution in [2.45, 2.75) is 0 Å². The van der Waals surface area contributed by atoms with Gasteiger partial charge < -0.3 is 9.72 Å². The number of aromatic nitrogens is 4. The Bertz CT molecular complexity index is 700. The number of nitrogens with zero attached hydrogens (tertiary/aromatic N) is 3. The fraction of sp³-hybridized carbons (Fsp3) is 0.0833. The third kappa shape index (κ3) is 1.64. The average molecular weight is 242 g/mol. The number of fused-ring (bicyclic) bond motifs is 1. The van der Waals surface area contributed by atoms with E-state index in [1.54, 1.807) is 35.3 Å². The molecule has 3 rings (SSSR count). The van der Waals surface area contributed by atoms with Gasteiger partial charge in [-0.2, -0.15) is 5.10 Å². The van der Waals surface area contributed by atoms with E-state index in [-0.39, 0.29) is 5.97 Å². The summed E-state index contributed by atoms with van der Waals surface area (Å²) in [4.78, 5) is 18.9. The molecule has 1 N–H and O–H groups in total. The monoisotopic (exact) mass is 242 g/mol. The van der Waals surface area contributed by atoms with E-state index in [1.807, 2.05) is 6.07 Å². The minimum absolute atomic E-state index is 0.368. The largest absolute Gasteiger partial charge is 0.465 e. The average Bonchev–Trinajstić information content (AvgIpc) is 3.04. The van der Waals surface area contributed by atoms with E-state index in [1.165, 1.54) is 7.11 Å². The van der Waals surface area contributed by atoms with E-state index in [4.69, 9.17) is 0 Å². The molecule has 0 amide bonds. The van der Waals surface area contributed by atoms with Crippen molar-refractivity contribution in [3.05, 3.63) is 42.2 Å². The maximum atomic E-state index is 11.4. The van der Waals surface area contributed by atoms with Crippen molar-refractivity contribution in [3.8, 4) is 5.95 Å². The molecule has 0 atom stereocenters. The molecule has 0 saturated heterocycles. The van der Waals surface area contributed by atoms with Crippen LogP contribution in [0.15, 0.2) is 36.7 Å². The van der Waals surface area contributed by atoms with Gasteiger partial charge in [0.25, 0.3) is 0 Å². The zero-order valence-corrected chi connectivity index (χ0v) is 9.62. The summed E-state index contributed by atoms with van der Waals surface area (Å²) in [5.74, 6) is 0.240. The van der Waals surface area contributed by atoms with Gasteiger partial charge >= 0.3 is 5.97 Å². The molecule has 0 radical (unpaired) electrons. The van der Waals surface area contributed by atoms with Crippen molar-refractivity contribution in [1.82, 2.24) is 19.7 Å². The Morgan fingerprint density at radius 3 is 3.06 bits per heavy atom. The molecule has 6 heteroatoms. The second kappa shape index (κ2) is 3.99. The number of esters is 1. The van der Waals surface area contributed by atoms with Crippen LogP contribution in [-0.4, -0.2) is 32.8 Å². The van der Waals surface area contributed by atoms with Gasteiger partial charge in [0, 0.05) is 12.4 Å². The second-order valence-corrected chi connectivity index (χ2v) is 3.73. The van der Waals surface area contributed by atoms with Gasteiger partial charge in [0.15, 0.2) is 0 Å². The van der Waals surface area contributed by atoms with E-state index in [2.05, 4.69) is 19.8 Å². The van der Waals surface area contributed by atoms with E-state index in [9.17, 15) is 4.79 Å². The molecule has 0 bridgehead atoms. The number of carbonyl (C=O) groups excluding carboxylic acids is 1. The Morgan fingerprint density at radius 2 is 2.33 bits per heavy atom. The molecule has 2 heterocycles. The van der Waals surface area contributed by atoms with Gasteiger partial charge in [-0.25, -0.2) is 14.5 Å². The third-order valence-corrected chi connectivity index (χ3v) is 2.61. The van der Waals surface area contributed by atoms with Gasteiger partial charge in [0.2, 0.25) is 5.95 Å². The molecule has 90 valence electrons. The molecule has 1 aromatic carbocycles. The summed E-state index contributed by atoms with van der Waals surface area (Å²) >= 11 is 0. The first kappa shape index (κ1) is 10.5. The number of nitrogens with one attached hydrogen (secondary N) is 1. The Balaban J connectivity index is 2.10. The SMILES string of the molecule is COC(=O)c1ccc2nc(-n3cccn3)[nH]c2c1. The number of methoxy groups -OCH3 is 1. The molecule has 0 aliphatic carbocycles. The van der Waals surface area contributed by atoms with Crippen LogP contribution < -0.4 is 0 Å². The van der Waals surface area contributed by atoms with Gasteiger partial charge in [-0.05, 0) is 24.3 Å². The van der Waals surface area contributed by atoms with Crippen molar-refractivity contribution >= 4 is 17.0 Å². The maximum absolute atomic E-state index is 11.4. The van der Waals surface area contributed by atoms with E-state index < -0.39 is 0 Å². The molecule has 0 aliphatic heterocycles. The molecule has 0 fully saturated rings. The summed E-state index contributed by atoms with van der Waals surface area (Å²) in [5, 5.41) is 4.09. The van der Waals surface area contributed by atoms with Crippen LogP contribution in [0.1, 0.15) is 10.4 Å². The smallest absolute Gasteiger partial charge is 0.337 e. The lowest BCUT2D eigenvalue weighted by molar-refractivity contribution is 0.0601. The number of hydrogen-bond acceptors (Lipinski definition) is 4. The zero-order valence-electron chi connectivity index (χ0n) is 9.62. The van der Waals surface area contributed by atoms with E-state index in [0.717, 1.165) is 11.0 Å². The summed E-state index contributed by atoms with van der Waals surface area (Å²) in [7, 11) is 1.36. The summed E-state index contributed by atoms with van der Waals surface area (Å²) in [5.41, 5.74) is 2.03. The number of H-pyrrole nitrogens is 1. The highest BCUT2D eigenvalue weighted by molar-refractivity contribution is 5.93. The number of carbonyl (C=O) groups is 1. The van der Waals surface area contributed by atoms with Crippen LogP contribution in [0.25, 0.3) is 17.0 Å². The standard InChI is InChI=1S/C12H10N4O2/c1-18-11(17)8-3-4-9-10(7-8)15-12(14-9)16-6-2-5-13-16/h2-7H,1H3,(H,14,15). The minimum Gasteiger partial charge on any atom is -0.465 e. The van der Waals surface area contributed by atoms with Crippen LogP contribution in [0.5, 0.6) is 0 Å². The Morgan fingerprint density at radius 1 is 1.44 bits per heavy atom. The van der Waals surface area contributed by atoms with E-state index in [0.29, 0.717) is 11.5 Å².